The number of hydrogen-bond donors (Lipinski definition) is 2. The van der Waals surface area contributed by atoms with Crippen molar-refractivity contribution in [3.8, 4) is 5.75 Å². The third kappa shape index (κ3) is 4.89. The largest absolute Gasteiger partial charge is 0.435 e. The summed E-state index contributed by atoms with van der Waals surface area (Å²) in [5, 5.41) is 6.34. The van der Waals surface area contributed by atoms with E-state index in [0.29, 0.717) is 31.0 Å². The van der Waals surface area contributed by atoms with Gasteiger partial charge in [0.25, 0.3) is 5.91 Å². The van der Waals surface area contributed by atoms with Crippen molar-refractivity contribution in [2.75, 3.05) is 31.5 Å². The number of nitrogens with zero attached hydrogens (tertiary/aromatic N) is 2. The summed E-state index contributed by atoms with van der Waals surface area (Å²) in [7, 11) is 0. The predicted molar refractivity (Wildman–Crippen MR) is 93.4 cm³/mol. The first-order chi connectivity index (χ1) is 12.6. The Morgan fingerprint density at radius 2 is 1.92 bits per heavy atom. The third-order valence-corrected chi connectivity index (χ3v) is 4.04. The van der Waals surface area contributed by atoms with Crippen LogP contribution in [0.25, 0.3) is 0 Å². The fourth-order valence-electron chi connectivity index (χ4n) is 2.66. The smallest absolute Gasteiger partial charge is 0.387 e. The van der Waals surface area contributed by atoms with Crippen LogP contribution in [0, 0.1) is 0 Å². The molecular formula is C18H20F2N4O2. The van der Waals surface area contributed by atoms with Gasteiger partial charge in [0.1, 0.15) is 11.6 Å². The van der Waals surface area contributed by atoms with Gasteiger partial charge in [-0.3, -0.25) is 4.79 Å². The molecule has 1 aromatic heterocycles. The molecule has 6 nitrogen and oxygen atoms in total. The monoisotopic (exact) mass is 362 g/mol. The highest BCUT2D eigenvalue weighted by Crippen LogP contribution is 2.16. The van der Waals surface area contributed by atoms with Crippen molar-refractivity contribution < 1.29 is 18.3 Å². The van der Waals surface area contributed by atoms with E-state index in [0.717, 1.165) is 18.7 Å². The zero-order chi connectivity index (χ0) is 18.4. The molecule has 26 heavy (non-hydrogen) atoms. The molecule has 8 heteroatoms. The second-order valence-electron chi connectivity index (χ2n) is 5.85. The van der Waals surface area contributed by atoms with E-state index in [2.05, 4.69) is 20.4 Å². The molecule has 2 heterocycles. The lowest BCUT2D eigenvalue weighted by Crippen LogP contribution is -2.46. The lowest BCUT2D eigenvalue weighted by Gasteiger charge is -2.27. The zero-order valence-corrected chi connectivity index (χ0v) is 14.1. The summed E-state index contributed by atoms with van der Waals surface area (Å²) in [6.45, 7) is 0.659. The molecule has 0 spiro atoms. The molecule has 1 amide bonds. The van der Waals surface area contributed by atoms with E-state index in [9.17, 15) is 13.6 Å². The number of amides is 1. The molecule has 1 fully saturated rings. The fraction of sp³-hybridized carbons (Fsp3) is 0.333. The Kier molecular flexibility index (Phi) is 5.96. The maximum Gasteiger partial charge on any atom is 0.387 e. The van der Waals surface area contributed by atoms with Gasteiger partial charge in [-0.25, -0.2) is 4.98 Å². The molecule has 1 aliphatic heterocycles. The highest BCUT2D eigenvalue weighted by molar-refractivity contribution is 5.94. The molecular weight excluding hydrogens is 342 g/mol. The van der Waals surface area contributed by atoms with E-state index in [-0.39, 0.29) is 11.7 Å². The van der Waals surface area contributed by atoms with E-state index in [1.165, 1.54) is 12.1 Å². The van der Waals surface area contributed by atoms with Gasteiger partial charge in [-0.15, -0.1) is 0 Å². The van der Waals surface area contributed by atoms with Gasteiger partial charge in [0.15, 0.2) is 0 Å². The molecule has 0 unspecified atom stereocenters. The van der Waals surface area contributed by atoms with Gasteiger partial charge < -0.3 is 20.3 Å². The van der Waals surface area contributed by atoms with Crippen LogP contribution in [-0.4, -0.2) is 48.6 Å². The summed E-state index contributed by atoms with van der Waals surface area (Å²) in [5.74, 6) is 0.743. The third-order valence-electron chi connectivity index (χ3n) is 4.04. The number of carbonyl (C=O) groups excluding carboxylic acids is 1. The van der Waals surface area contributed by atoms with Crippen molar-refractivity contribution >= 4 is 11.7 Å². The maximum absolute atomic E-state index is 12.4. The molecule has 1 aromatic carbocycles. The summed E-state index contributed by atoms with van der Waals surface area (Å²) in [4.78, 5) is 18.4. The molecule has 3 rings (SSSR count). The minimum atomic E-state index is -2.83. The number of carbonyl (C=O) groups is 1. The molecule has 2 aromatic rings. The van der Waals surface area contributed by atoms with Gasteiger partial charge in [-0.05, 0) is 29.8 Å². The van der Waals surface area contributed by atoms with E-state index >= 15 is 0 Å². The van der Waals surface area contributed by atoms with Crippen LogP contribution in [0.4, 0.5) is 14.6 Å². The van der Waals surface area contributed by atoms with E-state index in [4.69, 9.17) is 0 Å². The minimum absolute atomic E-state index is 0.0137. The highest BCUT2D eigenvalue weighted by Gasteiger charge is 2.17. The van der Waals surface area contributed by atoms with Crippen LogP contribution in [0.15, 0.2) is 42.6 Å². The first-order valence-corrected chi connectivity index (χ1v) is 8.35. The Bertz CT molecular complexity index is 717. The van der Waals surface area contributed by atoms with E-state index in [1.807, 2.05) is 4.90 Å². The van der Waals surface area contributed by atoms with E-state index in [1.54, 1.807) is 30.5 Å². The van der Waals surface area contributed by atoms with Gasteiger partial charge in [0.05, 0.1) is 5.56 Å². The Hall–Kier alpha value is -2.74. The Morgan fingerprint density at radius 3 is 2.54 bits per heavy atom. The van der Waals surface area contributed by atoms with Crippen LogP contribution in [0.1, 0.15) is 15.9 Å². The number of aromatic nitrogens is 1. The van der Waals surface area contributed by atoms with Crippen LogP contribution in [-0.2, 0) is 6.54 Å². The van der Waals surface area contributed by atoms with Crippen LogP contribution in [0.3, 0.4) is 0 Å². The number of piperazine rings is 1. The molecule has 138 valence electrons. The summed E-state index contributed by atoms with van der Waals surface area (Å²) in [6, 6.07) is 9.89. The fourth-order valence-corrected chi connectivity index (χ4v) is 2.66. The molecule has 0 radical (unpaired) electrons. The first-order valence-electron chi connectivity index (χ1n) is 8.35. The summed E-state index contributed by atoms with van der Waals surface area (Å²) in [6.07, 6.45) is 1.56. The van der Waals surface area contributed by atoms with Gasteiger partial charge >= 0.3 is 6.61 Å². The first kappa shape index (κ1) is 18.1. The maximum atomic E-state index is 12.4. The van der Waals surface area contributed by atoms with Gasteiger partial charge in [0, 0.05) is 38.9 Å². The number of hydrogen-bond acceptors (Lipinski definition) is 5. The number of halogens is 2. The molecule has 1 aliphatic rings. The molecule has 0 atom stereocenters. The van der Waals surface area contributed by atoms with Crippen molar-refractivity contribution in [3.63, 3.8) is 0 Å². The Labute approximate surface area is 150 Å². The molecule has 0 bridgehead atoms. The number of anilines is 1. The number of ether oxygens (including phenoxy) is 1. The predicted octanol–water partition coefficient (Wildman–Crippen LogP) is 2.34. The number of alkyl halides is 2. The summed E-state index contributed by atoms with van der Waals surface area (Å²) < 4.78 is 28.6. The van der Waals surface area contributed by atoms with Crippen LogP contribution >= 0.6 is 0 Å². The molecule has 0 saturated carbocycles. The quantitative estimate of drug-likeness (QED) is 0.826. The van der Waals surface area contributed by atoms with Gasteiger partial charge in [-0.1, -0.05) is 12.1 Å². The molecule has 1 saturated heterocycles. The van der Waals surface area contributed by atoms with Crippen molar-refractivity contribution in [3.05, 3.63) is 53.7 Å². The number of rotatable bonds is 6. The lowest BCUT2D eigenvalue weighted by molar-refractivity contribution is -0.0498. The highest BCUT2D eigenvalue weighted by atomic mass is 19.3. The summed E-state index contributed by atoms with van der Waals surface area (Å²) in [5.41, 5.74) is 1.46. The van der Waals surface area contributed by atoms with Crippen molar-refractivity contribution in [2.45, 2.75) is 13.2 Å². The van der Waals surface area contributed by atoms with Crippen LogP contribution < -0.4 is 15.4 Å². The average Bonchev–Trinajstić information content (AvgIpc) is 2.67. The SMILES string of the molecule is O=C(c1ccc(NCc2ccc(OC(F)F)cc2)nc1)N1CCNCC1. The van der Waals surface area contributed by atoms with Crippen LogP contribution in [0.2, 0.25) is 0 Å². The molecule has 2 N–H and O–H groups in total. The zero-order valence-electron chi connectivity index (χ0n) is 14.1. The molecule has 0 aliphatic carbocycles. The van der Waals surface area contributed by atoms with Crippen LogP contribution in [0.5, 0.6) is 5.75 Å². The standard InChI is InChI=1S/C18H20F2N4O2/c19-18(20)26-15-4-1-13(2-5-15)11-22-16-6-3-14(12-23-16)17(25)24-9-7-21-8-10-24/h1-6,12,18,21H,7-11H2,(H,22,23). The van der Waals surface area contributed by atoms with Crippen molar-refractivity contribution in [1.29, 1.82) is 0 Å². The summed E-state index contributed by atoms with van der Waals surface area (Å²) >= 11 is 0. The average molecular weight is 362 g/mol. The Balaban J connectivity index is 1.53. The Morgan fingerprint density at radius 1 is 1.19 bits per heavy atom. The van der Waals surface area contributed by atoms with Gasteiger partial charge in [-0.2, -0.15) is 8.78 Å². The minimum Gasteiger partial charge on any atom is -0.435 e. The number of benzene rings is 1. The van der Waals surface area contributed by atoms with Gasteiger partial charge in [0.2, 0.25) is 0 Å². The van der Waals surface area contributed by atoms with E-state index < -0.39 is 6.61 Å². The second-order valence-corrected chi connectivity index (χ2v) is 5.85. The number of pyridine rings is 1. The van der Waals surface area contributed by atoms with Crippen molar-refractivity contribution in [2.24, 2.45) is 0 Å². The topological polar surface area (TPSA) is 66.5 Å². The number of nitrogens with one attached hydrogen (secondary N) is 2. The lowest BCUT2D eigenvalue weighted by atomic mass is 10.2. The van der Waals surface area contributed by atoms with Crippen molar-refractivity contribution in [1.82, 2.24) is 15.2 Å². The second kappa shape index (κ2) is 8.57. The normalized spacial score (nSPS) is 14.3.